The van der Waals surface area contributed by atoms with Gasteiger partial charge in [0.15, 0.2) is 11.7 Å². The van der Waals surface area contributed by atoms with Crippen molar-refractivity contribution >= 4 is 23.2 Å². The molecule has 0 saturated heterocycles. The zero-order valence-electron chi connectivity index (χ0n) is 14.2. The van der Waals surface area contributed by atoms with Crippen molar-refractivity contribution in [2.45, 2.75) is 13.5 Å². The fourth-order valence-electron chi connectivity index (χ4n) is 1.99. The molecule has 2 rings (SSSR count). The molecule has 0 heterocycles. The molecule has 2 aromatic carbocycles. The molecule has 132 valence electrons. The van der Waals surface area contributed by atoms with Crippen LogP contribution in [0.4, 0.5) is 0 Å². The van der Waals surface area contributed by atoms with Gasteiger partial charge in [-0.2, -0.15) is 0 Å². The number of thiocarbonyl (C=S) groups is 1. The number of amides is 1. The molecule has 0 spiro atoms. The van der Waals surface area contributed by atoms with E-state index >= 15 is 0 Å². The maximum atomic E-state index is 11.8. The number of aryl methyl sites for hydroxylation is 1. The van der Waals surface area contributed by atoms with Gasteiger partial charge < -0.3 is 14.8 Å². The van der Waals surface area contributed by atoms with Crippen molar-refractivity contribution in [2.24, 2.45) is 0 Å². The molecule has 3 N–H and O–H groups in total. The Hall–Kier alpha value is -2.80. The van der Waals surface area contributed by atoms with E-state index in [4.69, 9.17) is 21.7 Å². The average Bonchev–Trinajstić information content (AvgIpc) is 2.64. The monoisotopic (exact) mass is 359 g/mol. The van der Waals surface area contributed by atoms with Gasteiger partial charge in [0.05, 0.1) is 7.11 Å². The lowest BCUT2D eigenvalue weighted by atomic mass is 10.2. The number of hydrogen-bond donors (Lipinski definition) is 3. The van der Waals surface area contributed by atoms with E-state index in [-0.39, 0.29) is 12.5 Å². The van der Waals surface area contributed by atoms with Crippen LogP contribution in [-0.4, -0.2) is 24.7 Å². The molecule has 0 aliphatic carbocycles. The van der Waals surface area contributed by atoms with Gasteiger partial charge >= 0.3 is 0 Å². The van der Waals surface area contributed by atoms with Gasteiger partial charge in [-0.15, -0.1) is 0 Å². The van der Waals surface area contributed by atoms with Gasteiger partial charge in [-0.05, 0) is 48.5 Å². The summed E-state index contributed by atoms with van der Waals surface area (Å²) in [6, 6.07) is 15.1. The molecule has 2 aromatic rings. The van der Waals surface area contributed by atoms with E-state index in [1.165, 1.54) is 0 Å². The lowest BCUT2D eigenvalue weighted by molar-refractivity contribution is -0.123. The maximum absolute atomic E-state index is 11.8. The average molecular weight is 359 g/mol. The summed E-state index contributed by atoms with van der Waals surface area (Å²) in [5.41, 5.74) is 7.14. The first-order valence-electron chi connectivity index (χ1n) is 7.72. The number of benzene rings is 2. The summed E-state index contributed by atoms with van der Waals surface area (Å²) in [6.07, 6.45) is 0. The predicted molar refractivity (Wildman–Crippen MR) is 100 cm³/mol. The van der Waals surface area contributed by atoms with Crippen LogP contribution in [0.25, 0.3) is 0 Å². The van der Waals surface area contributed by atoms with E-state index in [2.05, 4.69) is 16.2 Å². The van der Waals surface area contributed by atoms with E-state index in [1.54, 1.807) is 7.11 Å². The van der Waals surface area contributed by atoms with Crippen molar-refractivity contribution in [1.29, 1.82) is 0 Å². The van der Waals surface area contributed by atoms with Gasteiger partial charge in [-0.1, -0.05) is 30.3 Å². The number of hydrogen-bond acceptors (Lipinski definition) is 4. The largest absolute Gasteiger partial charge is 0.497 e. The molecule has 7 heteroatoms. The summed E-state index contributed by atoms with van der Waals surface area (Å²) in [5, 5.41) is 3.32. The lowest BCUT2D eigenvalue weighted by Gasteiger charge is -2.13. The molecule has 0 aliphatic rings. The highest BCUT2D eigenvalue weighted by atomic mass is 32.1. The number of ether oxygens (including phenoxy) is 2. The van der Waals surface area contributed by atoms with Crippen LogP contribution >= 0.6 is 12.2 Å². The Labute approximate surface area is 152 Å². The van der Waals surface area contributed by atoms with Crippen LogP contribution in [0, 0.1) is 6.92 Å². The number of nitrogens with one attached hydrogen (secondary N) is 3. The Morgan fingerprint density at radius 1 is 1.08 bits per heavy atom. The quantitative estimate of drug-likeness (QED) is 0.542. The minimum atomic E-state index is -0.322. The Bertz CT molecular complexity index is 720. The molecule has 25 heavy (non-hydrogen) atoms. The standard InChI is InChI=1S/C18H21N3O3S/c1-13-5-3-4-6-16(13)24-12-17(22)20-21-18(25)19-11-14-7-9-15(23-2)10-8-14/h3-10H,11-12H2,1-2H3,(H,20,22)(H2,19,21,25). The summed E-state index contributed by atoms with van der Waals surface area (Å²) in [7, 11) is 1.62. The minimum absolute atomic E-state index is 0.0983. The number of hydrazine groups is 1. The number of carbonyl (C=O) groups excluding carboxylic acids is 1. The minimum Gasteiger partial charge on any atom is -0.497 e. The van der Waals surface area contributed by atoms with E-state index in [0.29, 0.717) is 17.4 Å². The number of methoxy groups -OCH3 is 1. The molecule has 0 aromatic heterocycles. The summed E-state index contributed by atoms with van der Waals surface area (Å²) in [4.78, 5) is 11.8. The van der Waals surface area contributed by atoms with Gasteiger partial charge in [0, 0.05) is 6.54 Å². The zero-order chi connectivity index (χ0) is 18.1. The molecular weight excluding hydrogens is 338 g/mol. The van der Waals surface area contributed by atoms with Gasteiger partial charge in [0.25, 0.3) is 5.91 Å². The maximum Gasteiger partial charge on any atom is 0.276 e. The van der Waals surface area contributed by atoms with Gasteiger partial charge in [-0.3, -0.25) is 15.6 Å². The van der Waals surface area contributed by atoms with Crippen LogP contribution in [-0.2, 0) is 11.3 Å². The van der Waals surface area contributed by atoms with E-state index in [0.717, 1.165) is 16.9 Å². The Morgan fingerprint density at radius 2 is 1.80 bits per heavy atom. The highest BCUT2D eigenvalue weighted by Crippen LogP contribution is 2.15. The van der Waals surface area contributed by atoms with Crippen molar-refractivity contribution in [2.75, 3.05) is 13.7 Å². The lowest BCUT2D eigenvalue weighted by Crippen LogP contribution is -2.48. The molecule has 0 aliphatic heterocycles. The summed E-state index contributed by atoms with van der Waals surface area (Å²) in [5.74, 6) is 1.15. The first-order chi connectivity index (χ1) is 12.1. The third-order valence-corrected chi connectivity index (χ3v) is 3.63. The summed E-state index contributed by atoms with van der Waals surface area (Å²) < 4.78 is 10.6. The number of carbonyl (C=O) groups is 1. The second-order valence-corrected chi connectivity index (χ2v) is 5.67. The normalized spacial score (nSPS) is 9.84. The van der Waals surface area contributed by atoms with Crippen LogP contribution in [0.15, 0.2) is 48.5 Å². The third kappa shape index (κ3) is 6.31. The van der Waals surface area contributed by atoms with Crippen LogP contribution in [0.2, 0.25) is 0 Å². The van der Waals surface area contributed by atoms with Crippen LogP contribution in [0.3, 0.4) is 0 Å². The molecular formula is C18H21N3O3S. The summed E-state index contributed by atoms with van der Waals surface area (Å²) >= 11 is 5.12. The molecule has 0 atom stereocenters. The number of para-hydroxylation sites is 1. The Kier molecular flexibility index (Phi) is 7.03. The Morgan fingerprint density at radius 3 is 2.48 bits per heavy atom. The fraction of sp³-hybridized carbons (Fsp3) is 0.222. The smallest absolute Gasteiger partial charge is 0.276 e. The van der Waals surface area contributed by atoms with Crippen LogP contribution in [0.1, 0.15) is 11.1 Å². The fourth-order valence-corrected chi connectivity index (χ4v) is 2.12. The van der Waals surface area contributed by atoms with Gasteiger partial charge in [0.2, 0.25) is 0 Å². The zero-order valence-corrected chi connectivity index (χ0v) is 15.0. The molecule has 0 saturated carbocycles. The molecule has 0 unspecified atom stereocenters. The first kappa shape index (κ1) is 18.5. The molecule has 6 nitrogen and oxygen atoms in total. The Balaban J connectivity index is 1.66. The SMILES string of the molecule is COc1ccc(CNC(=S)NNC(=O)COc2ccccc2C)cc1. The van der Waals surface area contributed by atoms with E-state index in [9.17, 15) is 4.79 Å². The van der Waals surface area contributed by atoms with Crippen molar-refractivity contribution in [3.05, 3.63) is 59.7 Å². The molecule has 1 amide bonds. The van der Waals surface area contributed by atoms with Crippen molar-refractivity contribution in [3.8, 4) is 11.5 Å². The van der Waals surface area contributed by atoms with Crippen molar-refractivity contribution < 1.29 is 14.3 Å². The predicted octanol–water partition coefficient (Wildman–Crippen LogP) is 2.08. The topological polar surface area (TPSA) is 71.6 Å². The van der Waals surface area contributed by atoms with E-state index in [1.807, 2.05) is 55.5 Å². The first-order valence-corrected chi connectivity index (χ1v) is 8.13. The number of rotatable bonds is 6. The second-order valence-electron chi connectivity index (χ2n) is 5.26. The van der Waals surface area contributed by atoms with Gasteiger partial charge in [-0.25, -0.2) is 0 Å². The molecule has 0 fully saturated rings. The summed E-state index contributed by atoms with van der Waals surface area (Å²) in [6.45, 7) is 2.36. The van der Waals surface area contributed by atoms with Gasteiger partial charge in [0.1, 0.15) is 11.5 Å². The van der Waals surface area contributed by atoms with Crippen LogP contribution in [0.5, 0.6) is 11.5 Å². The van der Waals surface area contributed by atoms with E-state index < -0.39 is 0 Å². The highest BCUT2D eigenvalue weighted by Gasteiger charge is 2.05. The third-order valence-electron chi connectivity index (χ3n) is 3.38. The highest BCUT2D eigenvalue weighted by molar-refractivity contribution is 7.80. The molecule has 0 radical (unpaired) electrons. The van der Waals surface area contributed by atoms with Crippen molar-refractivity contribution in [1.82, 2.24) is 16.2 Å². The molecule has 0 bridgehead atoms. The second kappa shape index (κ2) is 9.48. The van der Waals surface area contributed by atoms with Crippen molar-refractivity contribution in [3.63, 3.8) is 0 Å². The van der Waals surface area contributed by atoms with Crippen LogP contribution < -0.4 is 25.6 Å².